The molecule has 2 N–H and O–H groups in total. The van der Waals surface area contributed by atoms with Crippen LogP contribution in [0.5, 0.6) is 0 Å². The number of anilines is 1. The van der Waals surface area contributed by atoms with Gasteiger partial charge in [0.1, 0.15) is 0 Å². The first-order chi connectivity index (χ1) is 10.4. The Balaban J connectivity index is 2.18. The Morgan fingerprint density at radius 2 is 1.82 bits per heavy atom. The maximum Gasteiger partial charge on any atom is 0.251 e. The normalized spacial score (nSPS) is 11.0. The number of carbonyl (C=O) groups excluding carboxylic acids is 1. The lowest BCUT2D eigenvalue weighted by Crippen LogP contribution is -2.18. The fourth-order valence-electron chi connectivity index (χ4n) is 1.88. The van der Waals surface area contributed by atoms with E-state index in [0.29, 0.717) is 11.1 Å². The quantitative estimate of drug-likeness (QED) is 0.880. The zero-order valence-corrected chi connectivity index (χ0v) is 13.4. The van der Waals surface area contributed by atoms with Gasteiger partial charge in [0.2, 0.25) is 10.0 Å². The van der Waals surface area contributed by atoms with Crippen molar-refractivity contribution in [3.63, 3.8) is 0 Å². The van der Waals surface area contributed by atoms with Gasteiger partial charge in [0.15, 0.2) is 0 Å². The molecule has 0 aromatic heterocycles. The smallest absolute Gasteiger partial charge is 0.251 e. The minimum Gasteiger partial charge on any atom is -0.355 e. The third-order valence-corrected chi connectivity index (χ3v) is 4.48. The lowest BCUT2D eigenvalue weighted by molar-refractivity contribution is 0.0963. The van der Waals surface area contributed by atoms with Crippen molar-refractivity contribution in [1.82, 2.24) is 5.32 Å². The number of rotatable bonds is 5. The molecule has 0 unspecified atom stereocenters. The number of carbonyl (C=O) groups is 1. The van der Waals surface area contributed by atoms with Crippen LogP contribution in [0.15, 0.2) is 48.5 Å². The number of nitrogens with one attached hydrogen (secondary N) is 2. The average Bonchev–Trinajstić information content (AvgIpc) is 2.49. The number of hydrogen-bond acceptors (Lipinski definition) is 3. The second kappa shape index (κ2) is 6.81. The fraction of sp³-hybridized carbons (Fsp3) is 0.133. The van der Waals surface area contributed by atoms with Crippen molar-refractivity contribution in [2.75, 3.05) is 11.8 Å². The number of halogens is 1. The van der Waals surface area contributed by atoms with Crippen LogP contribution < -0.4 is 10.0 Å². The molecule has 0 fully saturated rings. The van der Waals surface area contributed by atoms with E-state index >= 15 is 0 Å². The Morgan fingerprint density at radius 1 is 1.14 bits per heavy atom. The second-order valence-corrected chi connectivity index (χ2v) is 6.75. The van der Waals surface area contributed by atoms with E-state index in [9.17, 15) is 13.2 Å². The molecule has 1 amide bonds. The van der Waals surface area contributed by atoms with Gasteiger partial charge in [-0.1, -0.05) is 41.9 Å². The number of sulfonamides is 1. The predicted octanol–water partition coefficient (Wildman–Crippen LogP) is 2.64. The Morgan fingerprint density at radius 3 is 2.41 bits per heavy atom. The van der Waals surface area contributed by atoms with Gasteiger partial charge in [-0.15, -0.1) is 0 Å². The van der Waals surface area contributed by atoms with E-state index in [4.69, 9.17) is 11.6 Å². The van der Waals surface area contributed by atoms with Gasteiger partial charge in [0.25, 0.3) is 5.91 Å². The molecule has 22 heavy (non-hydrogen) atoms. The zero-order chi connectivity index (χ0) is 16.2. The standard InChI is InChI=1S/C15H15ClN2O3S/c1-17-15(19)12-7-8-14(13(16)9-12)18-22(20,21)10-11-5-3-2-4-6-11/h2-9,18H,10H2,1H3,(H,17,19). The summed E-state index contributed by atoms with van der Waals surface area (Å²) in [5.41, 5.74) is 1.27. The molecule has 0 heterocycles. The van der Waals surface area contributed by atoms with Crippen LogP contribution in [0.2, 0.25) is 5.02 Å². The van der Waals surface area contributed by atoms with E-state index in [2.05, 4.69) is 10.0 Å². The van der Waals surface area contributed by atoms with E-state index in [1.807, 2.05) is 6.07 Å². The van der Waals surface area contributed by atoms with E-state index in [1.54, 1.807) is 24.3 Å². The molecule has 0 aliphatic rings. The van der Waals surface area contributed by atoms with E-state index in [0.717, 1.165) is 0 Å². The summed E-state index contributed by atoms with van der Waals surface area (Å²) in [6.45, 7) is 0. The zero-order valence-electron chi connectivity index (χ0n) is 11.8. The Kier molecular flexibility index (Phi) is 5.05. The molecule has 0 spiro atoms. The van der Waals surface area contributed by atoms with Crippen molar-refractivity contribution in [2.24, 2.45) is 0 Å². The number of hydrogen-bond donors (Lipinski definition) is 2. The number of benzene rings is 2. The highest BCUT2D eigenvalue weighted by Gasteiger charge is 2.14. The van der Waals surface area contributed by atoms with Gasteiger partial charge < -0.3 is 5.32 Å². The van der Waals surface area contributed by atoms with Crippen LogP contribution in [-0.2, 0) is 15.8 Å². The Labute approximate surface area is 134 Å². The molecule has 0 aliphatic heterocycles. The third-order valence-electron chi connectivity index (χ3n) is 2.92. The highest BCUT2D eigenvalue weighted by Crippen LogP contribution is 2.24. The molecule has 0 saturated heterocycles. The summed E-state index contributed by atoms with van der Waals surface area (Å²) in [6.07, 6.45) is 0. The summed E-state index contributed by atoms with van der Waals surface area (Å²) < 4.78 is 26.7. The van der Waals surface area contributed by atoms with Crippen molar-refractivity contribution in [3.05, 3.63) is 64.7 Å². The van der Waals surface area contributed by atoms with E-state index in [1.165, 1.54) is 25.2 Å². The van der Waals surface area contributed by atoms with Gasteiger partial charge in [-0.3, -0.25) is 9.52 Å². The van der Waals surface area contributed by atoms with Crippen LogP contribution in [0, 0.1) is 0 Å². The van der Waals surface area contributed by atoms with E-state index in [-0.39, 0.29) is 22.4 Å². The van der Waals surface area contributed by atoms with Crippen LogP contribution in [0.1, 0.15) is 15.9 Å². The second-order valence-electron chi connectivity index (χ2n) is 4.62. The third kappa shape index (κ3) is 4.22. The maximum atomic E-state index is 12.1. The highest BCUT2D eigenvalue weighted by atomic mass is 35.5. The lowest BCUT2D eigenvalue weighted by atomic mass is 10.2. The molecule has 2 aromatic rings. The van der Waals surface area contributed by atoms with Crippen LogP contribution in [0.25, 0.3) is 0 Å². The molecular formula is C15H15ClN2O3S. The van der Waals surface area contributed by atoms with Crippen molar-refractivity contribution in [3.8, 4) is 0 Å². The molecule has 116 valence electrons. The highest BCUT2D eigenvalue weighted by molar-refractivity contribution is 7.91. The van der Waals surface area contributed by atoms with Gasteiger partial charge in [0.05, 0.1) is 16.5 Å². The van der Waals surface area contributed by atoms with Crippen molar-refractivity contribution < 1.29 is 13.2 Å². The summed E-state index contributed by atoms with van der Waals surface area (Å²) in [6, 6.07) is 13.2. The van der Waals surface area contributed by atoms with Gasteiger partial charge >= 0.3 is 0 Å². The van der Waals surface area contributed by atoms with E-state index < -0.39 is 10.0 Å². The first-order valence-corrected chi connectivity index (χ1v) is 8.50. The minimum atomic E-state index is -3.58. The molecule has 2 aromatic carbocycles. The molecule has 5 nitrogen and oxygen atoms in total. The summed E-state index contributed by atoms with van der Waals surface area (Å²) in [4.78, 5) is 11.5. The van der Waals surface area contributed by atoms with Gasteiger partial charge in [-0.25, -0.2) is 8.42 Å². The first-order valence-electron chi connectivity index (χ1n) is 6.47. The van der Waals surface area contributed by atoms with Gasteiger partial charge in [-0.2, -0.15) is 0 Å². The minimum absolute atomic E-state index is 0.151. The average molecular weight is 339 g/mol. The Hall–Kier alpha value is -2.05. The summed E-state index contributed by atoms with van der Waals surface area (Å²) in [7, 11) is -2.08. The SMILES string of the molecule is CNC(=O)c1ccc(NS(=O)(=O)Cc2ccccc2)c(Cl)c1. The van der Waals surface area contributed by atoms with Crippen molar-refractivity contribution in [1.29, 1.82) is 0 Å². The van der Waals surface area contributed by atoms with Crippen molar-refractivity contribution in [2.45, 2.75) is 5.75 Å². The monoisotopic (exact) mass is 338 g/mol. The van der Waals surface area contributed by atoms with Crippen LogP contribution >= 0.6 is 11.6 Å². The lowest BCUT2D eigenvalue weighted by Gasteiger charge is -2.10. The maximum absolute atomic E-state index is 12.1. The van der Waals surface area contributed by atoms with Crippen LogP contribution in [-0.4, -0.2) is 21.4 Å². The summed E-state index contributed by atoms with van der Waals surface area (Å²) in [5, 5.41) is 2.64. The van der Waals surface area contributed by atoms with Gasteiger partial charge in [0, 0.05) is 12.6 Å². The molecule has 7 heteroatoms. The Bertz CT molecular complexity index is 777. The molecular weight excluding hydrogens is 324 g/mol. The van der Waals surface area contributed by atoms with Crippen LogP contribution in [0.4, 0.5) is 5.69 Å². The van der Waals surface area contributed by atoms with Gasteiger partial charge in [-0.05, 0) is 23.8 Å². The summed E-state index contributed by atoms with van der Waals surface area (Å²) >= 11 is 6.03. The largest absolute Gasteiger partial charge is 0.355 e. The molecule has 0 bridgehead atoms. The predicted molar refractivity (Wildman–Crippen MR) is 87.5 cm³/mol. The topological polar surface area (TPSA) is 75.3 Å². The first kappa shape index (κ1) is 16.3. The fourth-order valence-corrected chi connectivity index (χ4v) is 3.38. The molecule has 2 rings (SSSR count). The molecule has 0 aliphatic carbocycles. The van der Waals surface area contributed by atoms with Crippen molar-refractivity contribution >= 4 is 33.2 Å². The molecule has 0 atom stereocenters. The molecule has 0 radical (unpaired) electrons. The summed E-state index contributed by atoms with van der Waals surface area (Å²) in [5.74, 6) is -0.443. The number of amides is 1. The van der Waals surface area contributed by atoms with Crippen LogP contribution in [0.3, 0.4) is 0 Å². The molecule has 0 saturated carbocycles.